The van der Waals surface area contributed by atoms with E-state index in [0.717, 1.165) is 6.92 Å². The fourth-order valence-corrected chi connectivity index (χ4v) is 2.21. The maximum absolute atomic E-state index is 11.6. The van der Waals surface area contributed by atoms with E-state index in [0.29, 0.717) is 5.56 Å². The molecule has 0 bridgehead atoms. The van der Waals surface area contributed by atoms with Crippen LogP contribution in [0.3, 0.4) is 0 Å². The van der Waals surface area contributed by atoms with Gasteiger partial charge in [0, 0.05) is 0 Å². The van der Waals surface area contributed by atoms with Crippen molar-refractivity contribution >= 4 is 16.1 Å². The maximum Gasteiger partial charge on any atom is 0.350 e. The van der Waals surface area contributed by atoms with Gasteiger partial charge in [0.05, 0.1) is 0 Å². The molecule has 0 aliphatic rings. The summed E-state index contributed by atoms with van der Waals surface area (Å²) in [7, 11) is -4.14. The Labute approximate surface area is 93.8 Å². The molecule has 1 aromatic rings. The van der Waals surface area contributed by atoms with Gasteiger partial charge in [0.2, 0.25) is 0 Å². The highest BCUT2D eigenvalue weighted by molar-refractivity contribution is 7.87. The molecule has 1 unspecified atom stereocenters. The molecule has 0 aliphatic carbocycles. The molecule has 0 amide bonds. The van der Waals surface area contributed by atoms with Gasteiger partial charge in [-0.2, -0.15) is 8.42 Å². The van der Waals surface area contributed by atoms with Crippen molar-refractivity contribution in [2.24, 2.45) is 0 Å². The van der Waals surface area contributed by atoms with Crippen LogP contribution in [0.2, 0.25) is 0 Å². The van der Waals surface area contributed by atoms with Crippen LogP contribution in [0.1, 0.15) is 12.5 Å². The van der Waals surface area contributed by atoms with Crippen molar-refractivity contribution in [2.75, 3.05) is 0 Å². The highest BCUT2D eigenvalue weighted by atomic mass is 32.2. The lowest BCUT2D eigenvalue weighted by Gasteiger charge is -2.08. The zero-order valence-electron chi connectivity index (χ0n) is 8.88. The highest BCUT2D eigenvalue weighted by Gasteiger charge is 2.24. The zero-order valence-corrected chi connectivity index (χ0v) is 9.69. The third-order valence-corrected chi connectivity index (χ3v) is 3.28. The van der Waals surface area contributed by atoms with E-state index in [9.17, 15) is 13.2 Å². The van der Waals surface area contributed by atoms with Crippen molar-refractivity contribution in [3.63, 3.8) is 0 Å². The molecule has 1 rings (SSSR count). The molecule has 0 radical (unpaired) electrons. The molecule has 0 saturated carbocycles. The molecule has 0 heterocycles. The average molecular weight is 244 g/mol. The summed E-state index contributed by atoms with van der Waals surface area (Å²) in [5.74, 6) is -1.19. The maximum atomic E-state index is 11.6. The normalized spacial score (nSPS) is 13.2. The van der Waals surface area contributed by atoms with E-state index in [1.807, 2.05) is 0 Å². The van der Waals surface area contributed by atoms with E-state index in [1.165, 1.54) is 12.1 Å². The molecule has 6 heteroatoms. The summed E-state index contributed by atoms with van der Waals surface area (Å²) >= 11 is 0. The Kier molecular flexibility index (Phi) is 3.66. The van der Waals surface area contributed by atoms with Crippen LogP contribution in [0.25, 0.3) is 0 Å². The monoisotopic (exact) mass is 244 g/mol. The van der Waals surface area contributed by atoms with Gasteiger partial charge in [-0.1, -0.05) is 18.2 Å². The predicted octanol–water partition coefficient (Wildman–Crippen LogP) is 0.608. The second kappa shape index (κ2) is 4.63. The first-order valence-corrected chi connectivity index (χ1v) is 5.97. The van der Waals surface area contributed by atoms with Crippen molar-refractivity contribution in [3.8, 4) is 0 Å². The van der Waals surface area contributed by atoms with E-state index in [-0.39, 0.29) is 4.90 Å². The number of benzene rings is 1. The van der Waals surface area contributed by atoms with Gasteiger partial charge < -0.3 is 9.29 Å². The predicted molar refractivity (Wildman–Crippen MR) is 56.1 cm³/mol. The molecule has 5 nitrogen and oxygen atoms in total. The van der Waals surface area contributed by atoms with Crippen molar-refractivity contribution in [3.05, 3.63) is 29.8 Å². The summed E-state index contributed by atoms with van der Waals surface area (Å²) in [6, 6.07) is 6.12. The molecule has 16 heavy (non-hydrogen) atoms. The third-order valence-electron chi connectivity index (χ3n) is 1.90. The van der Waals surface area contributed by atoms with Crippen LogP contribution in [0.5, 0.6) is 0 Å². The summed E-state index contributed by atoms with van der Waals surface area (Å²) in [4.78, 5) is 10.9. The van der Waals surface area contributed by atoms with Crippen molar-refractivity contribution < 1.29 is 22.5 Å². The minimum Gasteiger partial charge on any atom is -0.382 e. The first-order valence-electron chi connectivity index (χ1n) is 4.56. The highest BCUT2D eigenvalue weighted by Crippen LogP contribution is 2.17. The molecular weight excluding hydrogens is 232 g/mol. The second-order valence-corrected chi connectivity index (χ2v) is 4.81. The van der Waals surface area contributed by atoms with Gasteiger partial charge in [-0.25, -0.2) is 4.79 Å². The Hall–Kier alpha value is -1.40. The topological polar surface area (TPSA) is 80.7 Å². The van der Waals surface area contributed by atoms with Gasteiger partial charge in [0.25, 0.3) is 0 Å². The van der Waals surface area contributed by atoms with Crippen LogP contribution >= 0.6 is 0 Å². The minimum atomic E-state index is -4.14. The molecule has 0 saturated heterocycles. The van der Waals surface area contributed by atoms with Crippen LogP contribution in [0, 0.1) is 6.92 Å². The molecule has 1 atom stereocenters. The number of carbonyl (C=O) groups excluding carboxylic acids is 1. The third kappa shape index (κ3) is 2.80. The Morgan fingerprint density at radius 1 is 1.38 bits per heavy atom. The molecular formula is C10H12O5S. The first kappa shape index (κ1) is 12.7. The number of carbonyl (C=O) groups is 1. The van der Waals surface area contributed by atoms with Gasteiger partial charge in [0.1, 0.15) is 11.0 Å². The molecule has 0 fully saturated rings. The van der Waals surface area contributed by atoms with E-state index in [1.54, 1.807) is 19.1 Å². The van der Waals surface area contributed by atoms with Crippen LogP contribution in [0.15, 0.2) is 29.2 Å². The molecule has 1 N–H and O–H groups in total. The number of rotatable bonds is 3. The van der Waals surface area contributed by atoms with Crippen LogP contribution < -0.4 is 0 Å². The Bertz CT molecular complexity index is 490. The Balaban J connectivity index is 3.05. The summed E-state index contributed by atoms with van der Waals surface area (Å²) in [6.45, 7) is 2.72. The van der Waals surface area contributed by atoms with E-state index < -0.39 is 22.2 Å². The number of hydrogen-bond donors (Lipinski definition) is 1. The largest absolute Gasteiger partial charge is 0.382 e. The summed E-state index contributed by atoms with van der Waals surface area (Å²) in [5.41, 5.74) is 0.473. The van der Waals surface area contributed by atoms with Gasteiger partial charge in [-0.15, -0.1) is 0 Å². The fraction of sp³-hybridized carbons (Fsp3) is 0.300. The number of aryl methyl sites for hydroxylation is 1. The summed E-state index contributed by atoms with van der Waals surface area (Å²) < 4.78 is 27.5. The van der Waals surface area contributed by atoms with Crippen LogP contribution in [-0.2, 0) is 19.1 Å². The standard InChI is InChI=1S/C10H12O5S/c1-7-5-3-4-6-9(7)16(13,14)15-10(12)8(2)11/h3-6,8,11H,1-2H3. The minimum absolute atomic E-state index is 0.0796. The van der Waals surface area contributed by atoms with Gasteiger partial charge in [0.15, 0.2) is 0 Å². The molecule has 0 aromatic heterocycles. The van der Waals surface area contributed by atoms with Crippen LogP contribution in [-0.4, -0.2) is 25.6 Å². The van der Waals surface area contributed by atoms with Crippen molar-refractivity contribution in [1.82, 2.24) is 0 Å². The Morgan fingerprint density at radius 2 is 1.94 bits per heavy atom. The van der Waals surface area contributed by atoms with E-state index >= 15 is 0 Å². The fourth-order valence-electron chi connectivity index (χ4n) is 1.06. The summed E-state index contributed by atoms with van der Waals surface area (Å²) in [5, 5.41) is 8.86. The van der Waals surface area contributed by atoms with Gasteiger partial charge >= 0.3 is 16.1 Å². The van der Waals surface area contributed by atoms with Crippen LogP contribution in [0.4, 0.5) is 0 Å². The van der Waals surface area contributed by atoms with E-state index in [2.05, 4.69) is 4.18 Å². The molecule has 88 valence electrons. The quantitative estimate of drug-likeness (QED) is 0.788. The summed E-state index contributed by atoms with van der Waals surface area (Å²) in [6.07, 6.45) is -1.47. The van der Waals surface area contributed by atoms with Gasteiger partial charge in [-0.05, 0) is 25.5 Å². The number of aliphatic hydroxyl groups is 1. The Morgan fingerprint density at radius 3 is 2.44 bits per heavy atom. The average Bonchev–Trinajstić information content (AvgIpc) is 2.17. The van der Waals surface area contributed by atoms with Crippen molar-refractivity contribution in [1.29, 1.82) is 0 Å². The molecule has 1 aromatic carbocycles. The van der Waals surface area contributed by atoms with Gasteiger partial charge in [-0.3, -0.25) is 0 Å². The smallest absolute Gasteiger partial charge is 0.350 e. The van der Waals surface area contributed by atoms with E-state index in [4.69, 9.17) is 5.11 Å². The first-order chi connectivity index (χ1) is 7.34. The number of hydrogen-bond acceptors (Lipinski definition) is 5. The number of aliphatic hydroxyl groups excluding tert-OH is 1. The second-order valence-electron chi connectivity index (χ2n) is 3.30. The zero-order chi connectivity index (χ0) is 12.3. The lowest BCUT2D eigenvalue weighted by molar-refractivity contribution is -0.142. The SMILES string of the molecule is Cc1ccccc1S(=O)(=O)OC(=O)C(C)O. The lowest BCUT2D eigenvalue weighted by Crippen LogP contribution is -2.23. The molecule has 0 aliphatic heterocycles. The molecule has 0 spiro atoms. The van der Waals surface area contributed by atoms with Crippen molar-refractivity contribution in [2.45, 2.75) is 24.8 Å². The lowest BCUT2D eigenvalue weighted by atomic mass is 10.2.